The van der Waals surface area contributed by atoms with E-state index in [1.165, 1.54) is 5.56 Å². The predicted molar refractivity (Wildman–Crippen MR) is 96.4 cm³/mol. The van der Waals surface area contributed by atoms with Gasteiger partial charge in [0.1, 0.15) is 5.69 Å². The van der Waals surface area contributed by atoms with Crippen molar-refractivity contribution in [2.75, 3.05) is 26.3 Å². The molecule has 25 heavy (non-hydrogen) atoms. The number of hydrogen-bond acceptors (Lipinski definition) is 4. The molecule has 0 saturated carbocycles. The molecule has 1 aliphatic rings. The number of nitrogens with zero attached hydrogens (tertiary/aromatic N) is 2. The van der Waals surface area contributed by atoms with Crippen LogP contribution in [-0.2, 0) is 17.8 Å². The molecular formula is C19H26N4O2. The molecule has 2 heterocycles. The van der Waals surface area contributed by atoms with Crippen LogP contribution in [0.3, 0.4) is 0 Å². The Morgan fingerprint density at radius 2 is 1.92 bits per heavy atom. The Labute approximate surface area is 148 Å². The van der Waals surface area contributed by atoms with Crippen molar-refractivity contribution in [1.29, 1.82) is 0 Å². The number of aromatic amines is 1. The average molecular weight is 342 g/mol. The van der Waals surface area contributed by atoms with Gasteiger partial charge < -0.3 is 10.1 Å². The monoisotopic (exact) mass is 342 g/mol. The van der Waals surface area contributed by atoms with Gasteiger partial charge in [0.25, 0.3) is 5.91 Å². The molecule has 1 aliphatic heterocycles. The third-order valence-electron chi connectivity index (χ3n) is 4.44. The number of benzene rings is 1. The summed E-state index contributed by atoms with van der Waals surface area (Å²) in [5.74, 6) is 0.175. The molecule has 2 aromatic rings. The van der Waals surface area contributed by atoms with Gasteiger partial charge in [-0.3, -0.25) is 14.8 Å². The van der Waals surface area contributed by atoms with E-state index < -0.39 is 0 Å². The van der Waals surface area contributed by atoms with Gasteiger partial charge in [-0.05, 0) is 23.1 Å². The minimum Gasteiger partial charge on any atom is -0.379 e. The minimum atomic E-state index is -0.152. The third kappa shape index (κ3) is 4.90. The maximum atomic E-state index is 12.2. The molecule has 1 fully saturated rings. The van der Waals surface area contributed by atoms with Gasteiger partial charge in [0.2, 0.25) is 0 Å². The van der Waals surface area contributed by atoms with Crippen LogP contribution in [0.4, 0.5) is 0 Å². The molecule has 0 spiro atoms. The normalized spacial score (nSPS) is 15.5. The summed E-state index contributed by atoms with van der Waals surface area (Å²) in [5.41, 5.74) is 3.77. The lowest BCUT2D eigenvalue weighted by atomic mass is 10.1. The number of amides is 1. The van der Waals surface area contributed by atoms with Crippen molar-refractivity contribution < 1.29 is 9.53 Å². The Balaban J connectivity index is 1.50. The molecule has 1 amide bonds. The molecule has 0 atom stereocenters. The van der Waals surface area contributed by atoms with Crippen LogP contribution in [0.2, 0.25) is 0 Å². The first kappa shape index (κ1) is 17.6. The predicted octanol–water partition coefficient (Wildman–Crippen LogP) is 2.30. The van der Waals surface area contributed by atoms with Crippen molar-refractivity contribution in [3.05, 3.63) is 52.8 Å². The summed E-state index contributed by atoms with van der Waals surface area (Å²) in [5, 5.41) is 9.90. The van der Waals surface area contributed by atoms with Crippen LogP contribution in [0.1, 0.15) is 47.1 Å². The van der Waals surface area contributed by atoms with E-state index in [9.17, 15) is 4.79 Å². The first-order chi connectivity index (χ1) is 12.1. The minimum absolute atomic E-state index is 0.152. The molecule has 6 heteroatoms. The van der Waals surface area contributed by atoms with Gasteiger partial charge in [0.05, 0.1) is 13.2 Å². The third-order valence-corrected chi connectivity index (χ3v) is 4.44. The van der Waals surface area contributed by atoms with E-state index in [0.29, 0.717) is 18.2 Å². The SMILES string of the molecule is CC(C)c1cc(C(=O)NCc2ccc(CN3CCOCC3)cc2)n[nH]1. The molecule has 2 N–H and O–H groups in total. The number of H-pyrrole nitrogens is 1. The largest absolute Gasteiger partial charge is 0.379 e. The number of carbonyl (C=O) groups excluding carboxylic acids is 1. The number of hydrogen-bond donors (Lipinski definition) is 2. The molecule has 1 aromatic carbocycles. The highest BCUT2D eigenvalue weighted by molar-refractivity contribution is 5.92. The maximum Gasteiger partial charge on any atom is 0.272 e. The molecular weight excluding hydrogens is 316 g/mol. The average Bonchev–Trinajstić information content (AvgIpc) is 3.12. The van der Waals surface area contributed by atoms with Gasteiger partial charge in [-0.2, -0.15) is 5.10 Å². The van der Waals surface area contributed by atoms with E-state index in [-0.39, 0.29) is 5.91 Å². The molecule has 134 valence electrons. The second-order valence-corrected chi connectivity index (χ2v) is 6.75. The van der Waals surface area contributed by atoms with Crippen molar-refractivity contribution in [3.8, 4) is 0 Å². The zero-order valence-electron chi connectivity index (χ0n) is 14.9. The van der Waals surface area contributed by atoms with E-state index in [0.717, 1.165) is 44.1 Å². The van der Waals surface area contributed by atoms with E-state index in [1.54, 1.807) is 0 Å². The van der Waals surface area contributed by atoms with Crippen LogP contribution in [0.5, 0.6) is 0 Å². The molecule has 0 radical (unpaired) electrons. The highest BCUT2D eigenvalue weighted by Gasteiger charge is 2.12. The maximum absolute atomic E-state index is 12.2. The Hall–Kier alpha value is -2.18. The van der Waals surface area contributed by atoms with E-state index >= 15 is 0 Å². The summed E-state index contributed by atoms with van der Waals surface area (Å²) >= 11 is 0. The first-order valence-corrected chi connectivity index (χ1v) is 8.83. The number of aromatic nitrogens is 2. The summed E-state index contributed by atoms with van der Waals surface area (Å²) in [4.78, 5) is 14.6. The van der Waals surface area contributed by atoms with E-state index in [2.05, 4.69) is 58.5 Å². The second-order valence-electron chi connectivity index (χ2n) is 6.75. The highest BCUT2D eigenvalue weighted by Crippen LogP contribution is 2.12. The number of morpholine rings is 1. The number of ether oxygens (including phenoxy) is 1. The van der Waals surface area contributed by atoms with Crippen LogP contribution in [-0.4, -0.2) is 47.3 Å². The van der Waals surface area contributed by atoms with Crippen LogP contribution >= 0.6 is 0 Å². The van der Waals surface area contributed by atoms with E-state index in [1.807, 2.05) is 6.07 Å². The zero-order valence-corrected chi connectivity index (χ0v) is 14.9. The van der Waals surface area contributed by atoms with Crippen LogP contribution in [0.15, 0.2) is 30.3 Å². The Morgan fingerprint density at radius 3 is 2.56 bits per heavy atom. The van der Waals surface area contributed by atoms with Crippen LogP contribution in [0.25, 0.3) is 0 Å². The van der Waals surface area contributed by atoms with Gasteiger partial charge in [-0.1, -0.05) is 38.1 Å². The van der Waals surface area contributed by atoms with Gasteiger partial charge in [0, 0.05) is 31.9 Å². The highest BCUT2D eigenvalue weighted by atomic mass is 16.5. The standard InChI is InChI=1S/C19H26N4O2/c1-14(2)17-11-18(22-21-17)19(24)20-12-15-3-5-16(6-4-15)13-23-7-9-25-10-8-23/h3-6,11,14H,7-10,12-13H2,1-2H3,(H,20,24)(H,21,22). The lowest BCUT2D eigenvalue weighted by Gasteiger charge is -2.26. The second kappa shape index (κ2) is 8.27. The van der Waals surface area contributed by atoms with Gasteiger partial charge in [-0.25, -0.2) is 0 Å². The molecule has 0 aliphatic carbocycles. The Kier molecular flexibility index (Phi) is 5.83. The lowest BCUT2D eigenvalue weighted by Crippen LogP contribution is -2.35. The molecule has 1 aromatic heterocycles. The molecule has 1 saturated heterocycles. The van der Waals surface area contributed by atoms with E-state index in [4.69, 9.17) is 4.74 Å². The summed E-state index contributed by atoms with van der Waals surface area (Å²) in [7, 11) is 0. The van der Waals surface area contributed by atoms with Crippen molar-refractivity contribution in [1.82, 2.24) is 20.4 Å². The number of nitrogens with one attached hydrogen (secondary N) is 2. The fourth-order valence-corrected chi connectivity index (χ4v) is 2.80. The van der Waals surface area contributed by atoms with Crippen LogP contribution in [0, 0.1) is 0 Å². The molecule has 6 nitrogen and oxygen atoms in total. The number of carbonyl (C=O) groups is 1. The van der Waals surface area contributed by atoms with Gasteiger partial charge >= 0.3 is 0 Å². The van der Waals surface area contributed by atoms with Gasteiger partial charge in [0.15, 0.2) is 0 Å². The Bertz CT molecular complexity index is 688. The zero-order chi connectivity index (χ0) is 17.6. The summed E-state index contributed by atoms with van der Waals surface area (Å²) < 4.78 is 5.37. The smallest absolute Gasteiger partial charge is 0.272 e. The topological polar surface area (TPSA) is 70.2 Å². The Morgan fingerprint density at radius 1 is 1.24 bits per heavy atom. The van der Waals surface area contributed by atoms with Crippen molar-refractivity contribution in [2.45, 2.75) is 32.9 Å². The quantitative estimate of drug-likeness (QED) is 0.845. The van der Waals surface area contributed by atoms with Crippen molar-refractivity contribution in [3.63, 3.8) is 0 Å². The summed E-state index contributed by atoms with van der Waals surface area (Å²) in [6.45, 7) is 9.18. The summed E-state index contributed by atoms with van der Waals surface area (Å²) in [6, 6.07) is 10.2. The lowest BCUT2D eigenvalue weighted by molar-refractivity contribution is 0.0342. The fourth-order valence-electron chi connectivity index (χ4n) is 2.80. The fraction of sp³-hybridized carbons (Fsp3) is 0.474. The summed E-state index contributed by atoms with van der Waals surface area (Å²) in [6.07, 6.45) is 0. The molecule has 0 bridgehead atoms. The molecule has 0 unspecified atom stereocenters. The first-order valence-electron chi connectivity index (χ1n) is 8.83. The van der Waals surface area contributed by atoms with Crippen molar-refractivity contribution in [2.24, 2.45) is 0 Å². The van der Waals surface area contributed by atoms with Crippen LogP contribution < -0.4 is 5.32 Å². The van der Waals surface area contributed by atoms with Crippen molar-refractivity contribution >= 4 is 5.91 Å². The van der Waals surface area contributed by atoms with Gasteiger partial charge in [-0.15, -0.1) is 0 Å². The number of rotatable bonds is 6. The molecule has 3 rings (SSSR count).